The second-order valence-corrected chi connectivity index (χ2v) is 4.96. The molecule has 90 valence electrons. The summed E-state index contributed by atoms with van der Waals surface area (Å²) in [6.45, 7) is 2.89. The smallest absolute Gasteiger partial charge is 0.138 e. The molecule has 1 atom stereocenters. The van der Waals surface area contributed by atoms with Gasteiger partial charge in [0.25, 0.3) is 0 Å². The van der Waals surface area contributed by atoms with Gasteiger partial charge in [-0.05, 0) is 31.0 Å². The van der Waals surface area contributed by atoms with E-state index in [4.69, 9.17) is 0 Å². The number of halogens is 1. The number of benzene rings is 1. The second kappa shape index (κ2) is 5.93. The number of H-pyrrole nitrogens is 1. The molecular weight excluding hydrogens is 280 g/mol. The predicted molar refractivity (Wildman–Crippen MR) is 70.5 cm³/mol. The summed E-state index contributed by atoms with van der Waals surface area (Å²) in [4.78, 5) is 4.07. The van der Waals surface area contributed by atoms with Crippen molar-refractivity contribution >= 4 is 15.9 Å². The quantitative estimate of drug-likeness (QED) is 0.890. The first kappa shape index (κ1) is 12.3. The van der Waals surface area contributed by atoms with Crippen LogP contribution in [0.25, 0.3) is 0 Å². The highest BCUT2D eigenvalue weighted by molar-refractivity contribution is 9.10. The fraction of sp³-hybridized carbons (Fsp3) is 0.333. The number of hydrogen-bond donors (Lipinski definition) is 2. The Balaban J connectivity index is 1.80. The highest BCUT2D eigenvalue weighted by Gasteiger charge is 2.04. The molecule has 0 aliphatic carbocycles. The molecule has 0 aliphatic heterocycles. The van der Waals surface area contributed by atoms with Gasteiger partial charge in [0.15, 0.2) is 0 Å². The van der Waals surface area contributed by atoms with E-state index in [1.807, 2.05) is 0 Å². The molecule has 0 saturated heterocycles. The van der Waals surface area contributed by atoms with Crippen LogP contribution < -0.4 is 5.32 Å². The Labute approximate surface area is 109 Å². The first-order valence-electron chi connectivity index (χ1n) is 5.56. The summed E-state index contributed by atoms with van der Waals surface area (Å²) in [5, 5.41) is 10.0. The van der Waals surface area contributed by atoms with Gasteiger partial charge >= 0.3 is 0 Å². The van der Waals surface area contributed by atoms with Crippen molar-refractivity contribution in [3.8, 4) is 0 Å². The maximum Gasteiger partial charge on any atom is 0.138 e. The van der Waals surface area contributed by atoms with Crippen LogP contribution in [-0.4, -0.2) is 21.2 Å². The van der Waals surface area contributed by atoms with E-state index < -0.39 is 0 Å². The molecule has 2 rings (SSSR count). The van der Waals surface area contributed by atoms with Crippen LogP contribution in [0.15, 0.2) is 35.1 Å². The molecule has 5 heteroatoms. The third kappa shape index (κ3) is 3.94. The summed E-state index contributed by atoms with van der Waals surface area (Å²) in [6.07, 6.45) is 2.53. The van der Waals surface area contributed by atoms with Gasteiger partial charge in [-0.2, -0.15) is 5.10 Å². The van der Waals surface area contributed by atoms with Crippen LogP contribution in [0.3, 0.4) is 0 Å². The number of nitrogens with one attached hydrogen (secondary N) is 2. The van der Waals surface area contributed by atoms with Crippen LogP contribution in [0, 0.1) is 0 Å². The van der Waals surface area contributed by atoms with Crippen molar-refractivity contribution in [2.75, 3.05) is 0 Å². The molecule has 1 aromatic heterocycles. The SMILES string of the molecule is CC(Cc1ccc(Br)cc1)NCc1ncn[nH]1. The number of aromatic nitrogens is 3. The van der Waals surface area contributed by atoms with Gasteiger partial charge in [0.1, 0.15) is 12.2 Å². The number of aromatic amines is 1. The third-order valence-corrected chi connectivity index (χ3v) is 3.07. The lowest BCUT2D eigenvalue weighted by molar-refractivity contribution is 0.534. The van der Waals surface area contributed by atoms with Crippen LogP contribution in [-0.2, 0) is 13.0 Å². The van der Waals surface area contributed by atoms with Crippen LogP contribution >= 0.6 is 15.9 Å². The predicted octanol–water partition coefficient (Wildman–Crippen LogP) is 2.29. The molecule has 1 unspecified atom stereocenters. The second-order valence-electron chi connectivity index (χ2n) is 4.04. The molecule has 2 aromatic rings. The summed E-state index contributed by atoms with van der Waals surface area (Å²) in [5.41, 5.74) is 1.32. The zero-order chi connectivity index (χ0) is 12.1. The van der Waals surface area contributed by atoms with Crippen molar-refractivity contribution in [1.29, 1.82) is 0 Å². The van der Waals surface area contributed by atoms with Crippen molar-refractivity contribution in [2.45, 2.75) is 25.9 Å². The van der Waals surface area contributed by atoms with Crippen LogP contribution in [0.2, 0.25) is 0 Å². The maximum atomic E-state index is 4.07. The van der Waals surface area contributed by atoms with Gasteiger partial charge < -0.3 is 5.32 Å². The average molecular weight is 295 g/mol. The monoisotopic (exact) mass is 294 g/mol. The van der Waals surface area contributed by atoms with Crippen LogP contribution in [0.4, 0.5) is 0 Å². The molecule has 0 aliphatic rings. The van der Waals surface area contributed by atoms with Gasteiger partial charge in [-0.15, -0.1) is 0 Å². The molecule has 0 saturated carbocycles. The van der Waals surface area contributed by atoms with Gasteiger partial charge in [-0.1, -0.05) is 28.1 Å². The number of nitrogens with zero attached hydrogens (tertiary/aromatic N) is 2. The first-order valence-corrected chi connectivity index (χ1v) is 6.35. The Hall–Kier alpha value is -1.20. The molecule has 1 heterocycles. The molecule has 1 aromatic carbocycles. The van der Waals surface area contributed by atoms with E-state index >= 15 is 0 Å². The fourth-order valence-electron chi connectivity index (χ4n) is 1.63. The van der Waals surface area contributed by atoms with E-state index in [0.717, 1.165) is 23.3 Å². The summed E-state index contributed by atoms with van der Waals surface area (Å²) >= 11 is 3.43. The summed E-state index contributed by atoms with van der Waals surface area (Å²) in [5.74, 6) is 0.868. The Kier molecular flexibility index (Phi) is 4.28. The van der Waals surface area contributed by atoms with Crippen molar-refractivity contribution in [3.63, 3.8) is 0 Å². The lowest BCUT2D eigenvalue weighted by atomic mass is 10.1. The zero-order valence-corrected chi connectivity index (χ0v) is 11.2. The Morgan fingerprint density at radius 2 is 2.12 bits per heavy atom. The summed E-state index contributed by atoms with van der Waals surface area (Å²) < 4.78 is 1.11. The molecule has 0 amide bonds. The molecule has 0 bridgehead atoms. The molecule has 4 nitrogen and oxygen atoms in total. The number of rotatable bonds is 5. The lowest BCUT2D eigenvalue weighted by Gasteiger charge is -2.12. The molecule has 0 spiro atoms. The van der Waals surface area contributed by atoms with E-state index in [0.29, 0.717) is 6.04 Å². The Bertz CT molecular complexity index is 438. The van der Waals surface area contributed by atoms with Gasteiger partial charge in [0, 0.05) is 10.5 Å². The van der Waals surface area contributed by atoms with Gasteiger partial charge in [-0.3, -0.25) is 5.10 Å². The van der Waals surface area contributed by atoms with Crippen LogP contribution in [0.1, 0.15) is 18.3 Å². The van der Waals surface area contributed by atoms with Crippen molar-refractivity contribution in [2.24, 2.45) is 0 Å². The standard InChI is InChI=1S/C12H15BrN4/c1-9(14-7-12-15-8-16-17-12)6-10-2-4-11(13)5-3-10/h2-5,8-9,14H,6-7H2,1H3,(H,15,16,17). The average Bonchev–Trinajstić information content (AvgIpc) is 2.83. The van der Waals surface area contributed by atoms with E-state index in [9.17, 15) is 0 Å². The molecular formula is C12H15BrN4. The number of hydrogen-bond acceptors (Lipinski definition) is 3. The third-order valence-electron chi connectivity index (χ3n) is 2.54. The minimum atomic E-state index is 0.404. The zero-order valence-electron chi connectivity index (χ0n) is 9.65. The first-order chi connectivity index (χ1) is 8.24. The Morgan fingerprint density at radius 3 is 2.76 bits per heavy atom. The van der Waals surface area contributed by atoms with Gasteiger partial charge in [0.05, 0.1) is 6.54 Å². The highest BCUT2D eigenvalue weighted by Crippen LogP contribution is 2.11. The largest absolute Gasteiger partial charge is 0.307 e. The molecule has 2 N–H and O–H groups in total. The van der Waals surface area contributed by atoms with Crippen molar-refractivity contribution in [1.82, 2.24) is 20.5 Å². The normalized spacial score (nSPS) is 12.6. The maximum absolute atomic E-state index is 4.07. The minimum absolute atomic E-state index is 0.404. The van der Waals surface area contributed by atoms with Crippen LogP contribution in [0.5, 0.6) is 0 Å². The summed E-state index contributed by atoms with van der Waals surface area (Å²) in [6, 6.07) is 8.81. The fourth-order valence-corrected chi connectivity index (χ4v) is 1.90. The summed E-state index contributed by atoms with van der Waals surface area (Å²) in [7, 11) is 0. The van der Waals surface area contributed by atoms with E-state index in [1.165, 1.54) is 11.9 Å². The van der Waals surface area contributed by atoms with Crippen molar-refractivity contribution in [3.05, 3.63) is 46.5 Å². The molecule has 0 fully saturated rings. The lowest BCUT2D eigenvalue weighted by Crippen LogP contribution is -2.28. The molecule has 0 radical (unpaired) electrons. The van der Waals surface area contributed by atoms with E-state index in [-0.39, 0.29) is 0 Å². The Morgan fingerprint density at radius 1 is 1.35 bits per heavy atom. The molecule has 17 heavy (non-hydrogen) atoms. The minimum Gasteiger partial charge on any atom is -0.307 e. The van der Waals surface area contributed by atoms with Crippen molar-refractivity contribution < 1.29 is 0 Å². The topological polar surface area (TPSA) is 53.6 Å². The highest BCUT2D eigenvalue weighted by atomic mass is 79.9. The van der Waals surface area contributed by atoms with Gasteiger partial charge in [0.2, 0.25) is 0 Å². The van der Waals surface area contributed by atoms with E-state index in [1.54, 1.807) is 0 Å². The van der Waals surface area contributed by atoms with Gasteiger partial charge in [-0.25, -0.2) is 4.98 Å². The van der Waals surface area contributed by atoms with E-state index in [2.05, 4.69) is 67.6 Å².